The van der Waals surface area contributed by atoms with Gasteiger partial charge in [0.15, 0.2) is 5.69 Å². The van der Waals surface area contributed by atoms with Crippen molar-refractivity contribution in [2.24, 2.45) is 0 Å². The molecule has 1 amide bonds. The Kier molecular flexibility index (Phi) is 6.18. The monoisotopic (exact) mass is 444 g/mol. The largest absolute Gasteiger partial charge is 0.472 e. The predicted octanol–water partition coefficient (Wildman–Crippen LogP) is 4.41. The number of amides is 1. The van der Waals surface area contributed by atoms with Crippen molar-refractivity contribution in [2.75, 3.05) is 20.1 Å². The Hall–Kier alpha value is -3.12. The minimum atomic E-state index is -0.00907. The summed E-state index contributed by atoms with van der Waals surface area (Å²) in [5.74, 6) is -0.00907. The van der Waals surface area contributed by atoms with E-state index in [0.717, 1.165) is 56.4 Å². The number of hydrogen-bond acceptors (Lipinski definition) is 4. The first-order valence-electron chi connectivity index (χ1n) is 12.0. The van der Waals surface area contributed by atoms with Gasteiger partial charge in [0.25, 0.3) is 5.91 Å². The molecule has 2 aliphatic rings. The van der Waals surface area contributed by atoms with Crippen LogP contribution >= 0.6 is 0 Å². The summed E-state index contributed by atoms with van der Waals surface area (Å²) >= 11 is 0. The molecule has 0 N–H and O–H groups in total. The minimum Gasteiger partial charge on any atom is -0.472 e. The zero-order valence-electron chi connectivity index (χ0n) is 19.5. The molecule has 6 heteroatoms. The summed E-state index contributed by atoms with van der Waals surface area (Å²) in [6.45, 7) is 5.44. The number of rotatable bonds is 6. The molecule has 2 aromatic heterocycles. The van der Waals surface area contributed by atoms with Crippen molar-refractivity contribution < 1.29 is 9.21 Å². The number of furan rings is 1. The standard InChI is InChI=1S/C27H32N4O2/c1-3-31-25-10-9-23(30-14-11-22(12-15-30)21-7-5-4-6-8-21)17-24(25)26(28-31)27(32)29(2)18-20-13-16-33-19-20/h4-8,11,13,16,19,23H,3,9-10,12,14-15,17-18H2,1-2H3. The number of fused-ring (bicyclic) bond motifs is 1. The van der Waals surface area contributed by atoms with E-state index in [-0.39, 0.29) is 5.91 Å². The number of aryl methyl sites for hydroxylation is 1. The van der Waals surface area contributed by atoms with Crippen molar-refractivity contribution in [3.8, 4) is 0 Å². The first-order chi connectivity index (χ1) is 16.1. The first kappa shape index (κ1) is 21.7. The fourth-order valence-electron chi connectivity index (χ4n) is 5.25. The molecular weight excluding hydrogens is 412 g/mol. The Bertz CT molecular complexity index is 1130. The Labute approximate surface area is 195 Å². The topological polar surface area (TPSA) is 54.5 Å². The van der Waals surface area contributed by atoms with Gasteiger partial charge in [0.1, 0.15) is 0 Å². The third-order valence-corrected chi connectivity index (χ3v) is 7.07. The maximum absolute atomic E-state index is 13.4. The van der Waals surface area contributed by atoms with Crippen LogP contribution in [0.15, 0.2) is 59.4 Å². The highest BCUT2D eigenvalue weighted by Gasteiger charge is 2.33. The van der Waals surface area contributed by atoms with Crippen molar-refractivity contribution in [3.63, 3.8) is 0 Å². The van der Waals surface area contributed by atoms with Gasteiger partial charge < -0.3 is 9.32 Å². The molecule has 33 heavy (non-hydrogen) atoms. The zero-order valence-corrected chi connectivity index (χ0v) is 19.5. The second-order valence-corrected chi connectivity index (χ2v) is 9.12. The van der Waals surface area contributed by atoms with E-state index in [4.69, 9.17) is 9.52 Å². The lowest BCUT2D eigenvalue weighted by atomic mass is 9.88. The highest BCUT2D eigenvalue weighted by molar-refractivity contribution is 5.94. The minimum absolute atomic E-state index is 0.00907. The fraction of sp³-hybridized carbons (Fsp3) is 0.407. The molecule has 0 bridgehead atoms. The average molecular weight is 445 g/mol. The second-order valence-electron chi connectivity index (χ2n) is 9.12. The lowest BCUT2D eigenvalue weighted by Gasteiger charge is -2.36. The first-order valence-corrected chi connectivity index (χ1v) is 12.0. The number of aromatic nitrogens is 2. The number of nitrogens with zero attached hydrogens (tertiary/aromatic N) is 4. The summed E-state index contributed by atoms with van der Waals surface area (Å²) in [6.07, 6.45) is 9.77. The van der Waals surface area contributed by atoms with E-state index < -0.39 is 0 Å². The van der Waals surface area contributed by atoms with Crippen molar-refractivity contribution in [2.45, 2.75) is 51.7 Å². The smallest absolute Gasteiger partial charge is 0.274 e. The van der Waals surface area contributed by atoms with Gasteiger partial charge in [-0.15, -0.1) is 0 Å². The summed E-state index contributed by atoms with van der Waals surface area (Å²) in [6, 6.07) is 13.0. The molecule has 6 nitrogen and oxygen atoms in total. The third-order valence-electron chi connectivity index (χ3n) is 7.07. The normalized spacial score (nSPS) is 18.6. The van der Waals surface area contributed by atoms with Gasteiger partial charge in [0, 0.05) is 56.1 Å². The molecule has 0 fully saturated rings. The van der Waals surface area contributed by atoms with Crippen LogP contribution in [0.4, 0.5) is 0 Å². The van der Waals surface area contributed by atoms with E-state index in [1.165, 1.54) is 16.8 Å². The molecule has 1 unspecified atom stereocenters. The van der Waals surface area contributed by atoms with Gasteiger partial charge in [-0.25, -0.2) is 0 Å². The Morgan fingerprint density at radius 2 is 2.06 bits per heavy atom. The van der Waals surface area contributed by atoms with Crippen LogP contribution in [-0.4, -0.2) is 51.7 Å². The van der Waals surface area contributed by atoms with Crippen LogP contribution in [0.25, 0.3) is 5.57 Å². The molecule has 3 heterocycles. The Morgan fingerprint density at radius 1 is 1.21 bits per heavy atom. The van der Waals surface area contributed by atoms with Gasteiger partial charge in [-0.3, -0.25) is 14.4 Å². The van der Waals surface area contributed by atoms with E-state index in [1.807, 2.05) is 17.8 Å². The third kappa shape index (κ3) is 4.40. The van der Waals surface area contributed by atoms with E-state index in [2.05, 4.69) is 48.2 Å². The van der Waals surface area contributed by atoms with Crippen LogP contribution in [-0.2, 0) is 25.9 Å². The summed E-state index contributed by atoms with van der Waals surface area (Å²) in [4.78, 5) is 17.7. The van der Waals surface area contributed by atoms with Gasteiger partial charge in [0.05, 0.1) is 12.5 Å². The summed E-state index contributed by atoms with van der Waals surface area (Å²) in [7, 11) is 1.84. The van der Waals surface area contributed by atoms with E-state index in [9.17, 15) is 4.79 Å². The summed E-state index contributed by atoms with van der Waals surface area (Å²) in [5.41, 5.74) is 6.78. The highest BCUT2D eigenvalue weighted by atomic mass is 16.3. The highest BCUT2D eigenvalue weighted by Crippen LogP contribution is 2.31. The number of carbonyl (C=O) groups excluding carboxylic acids is 1. The molecule has 0 radical (unpaired) electrons. The molecule has 1 atom stereocenters. The SMILES string of the molecule is CCn1nc(C(=O)N(C)Cc2ccoc2)c2c1CCC(N1CC=C(c3ccccc3)CC1)C2. The van der Waals surface area contributed by atoms with Crippen molar-refractivity contribution in [1.82, 2.24) is 19.6 Å². The molecule has 1 aliphatic heterocycles. The van der Waals surface area contributed by atoms with E-state index in [0.29, 0.717) is 18.3 Å². The Morgan fingerprint density at radius 3 is 2.76 bits per heavy atom. The fourth-order valence-corrected chi connectivity index (χ4v) is 5.25. The van der Waals surface area contributed by atoms with Crippen molar-refractivity contribution in [1.29, 1.82) is 0 Å². The van der Waals surface area contributed by atoms with Crippen LogP contribution in [0.2, 0.25) is 0 Å². The molecule has 0 saturated carbocycles. The molecule has 5 rings (SSSR count). The number of carbonyl (C=O) groups is 1. The van der Waals surface area contributed by atoms with Crippen LogP contribution in [0.1, 0.15) is 52.6 Å². The molecule has 0 spiro atoms. The van der Waals surface area contributed by atoms with Gasteiger partial charge in [-0.1, -0.05) is 36.4 Å². The van der Waals surface area contributed by atoms with Gasteiger partial charge in [-0.2, -0.15) is 5.10 Å². The number of hydrogen-bond donors (Lipinski definition) is 0. The lowest BCUT2D eigenvalue weighted by molar-refractivity contribution is 0.0776. The van der Waals surface area contributed by atoms with Gasteiger partial charge >= 0.3 is 0 Å². The molecule has 1 aliphatic carbocycles. The van der Waals surface area contributed by atoms with Crippen LogP contribution in [0.3, 0.4) is 0 Å². The lowest BCUT2D eigenvalue weighted by Crippen LogP contribution is -2.42. The predicted molar refractivity (Wildman–Crippen MR) is 129 cm³/mol. The van der Waals surface area contributed by atoms with Gasteiger partial charge in [0.2, 0.25) is 0 Å². The molecule has 3 aromatic rings. The molecular formula is C27H32N4O2. The van der Waals surface area contributed by atoms with E-state index in [1.54, 1.807) is 17.4 Å². The van der Waals surface area contributed by atoms with Crippen LogP contribution < -0.4 is 0 Å². The van der Waals surface area contributed by atoms with Crippen LogP contribution in [0.5, 0.6) is 0 Å². The number of benzene rings is 1. The summed E-state index contributed by atoms with van der Waals surface area (Å²) < 4.78 is 7.20. The van der Waals surface area contributed by atoms with E-state index >= 15 is 0 Å². The molecule has 0 saturated heterocycles. The maximum Gasteiger partial charge on any atom is 0.274 e. The quantitative estimate of drug-likeness (QED) is 0.565. The van der Waals surface area contributed by atoms with Crippen LogP contribution in [0, 0.1) is 0 Å². The zero-order chi connectivity index (χ0) is 22.8. The van der Waals surface area contributed by atoms with Gasteiger partial charge in [-0.05, 0) is 49.8 Å². The Balaban J connectivity index is 1.33. The van der Waals surface area contributed by atoms with Crippen molar-refractivity contribution in [3.05, 3.63) is 83.1 Å². The molecule has 172 valence electrons. The van der Waals surface area contributed by atoms with Crippen molar-refractivity contribution >= 4 is 11.5 Å². The summed E-state index contributed by atoms with van der Waals surface area (Å²) in [5, 5.41) is 4.76. The maximum atomic E-state index is 13.4. The second kappa shape index (κ2) is 9.40. The average Bonchev–Trinajstić information content (AvgIpc) is 3.51. The molecule has 1 aromatic carbocycles.